The SMILES string of the molecule is C[C@@H]1CNCCN1S(=O)(=O)c1ccc(C#N)cc1F. The Morgan fingerprint density at radius 1 is 1.53 bits per heavy atom. The Kier molecular flexibility index (Phi) is 3.85. The summed E-state index contributed by atoms with van der Waals surface area (Å²) in [5, 5.41) is 11.7. The van der Waals surface area contributed by atoms with Crippen molar-refractivity contribution in [1.29, 1.82) is 5.26 Å². The molecule has 1 aliphatic heterocycles. The molecule has 102 valence electrons. The molecule has 1 atom stereocenters. The Morgan fingerprint density at radius 3 is 2.84 bits per heavy atom. The molecule has 0 spiro atoms. The molecule has 0 aromatic heterocycles. The second-order valence-electron chi connectivity index (χ2n) is 4.43. The lowest BCUT2D eigenvalue weighted by Crippen LogP contribution is -2.52. The highest BCUT2D eigenvalue weighted by molar-refractivity contribution is 7.89. The summed E-state index contributed by atoms with van der Waals surface area (Å²) in [6.07, 6.45) is 0. The van der Waals surface area contributed by atoms with Gasteiger partial charge in [-0.1, -0.05) is 0 Å². The minimum atomic E-state index is -3.86. The van der Waals surface area contributed by atoms with Crippen molar-refractivity contribution in [1.82, 2.24) is 9.62 Å². The maximum absolute atomic E-state index is 13.8. The molecule has 19 heavy (non-hydrogen) atoms. The lowest BCUT2D eigenvalue weighted by Gasteiger charge is -2.32. The predicted molar refractivity (Wildman–Crippen MR) is 67.3 cm³/mol. The number of piperazine rings is 1. The van der Waals surface area contributed by atoms with Crippen molar-refractivity contribution in [3.63, 3.8) is 0 Å². The van der Waals surface area contributed by atoms with Crippen molar-refractivity contribution >= 4 is 10.0 Å². The third-order valence-electron chi connectivity index (χ3n) is 3.09. The van der Waals surface area contributed by atoms with Crippen LogP contribution in [0.15, 0.2) is 23.1 Å². The molecular formula is C12H14FN3O2S. The van der Waals surface area contributed by atoms with Gasteiger partial charge in [-0.2, -0.15) is 9.57 Å². The number of benzene rings is 1. The average molecular weight is 283 g/mol. The summed E-state index contributed by atoms with van der Waals surface area (Å²) in [5.41, 5.74) is 0.102. The summed E-state index contributed by atoms with van der Waals surface area (Å²) in [5.74, 6) is -0.884. The van der Waals surface area contributed by atoms with Gasteiger partial charge in [0.25, 0.3) is 0 Å². The van der Waals surface area contributed by atoms with Crippen LogP contribution >= 0.6 is 0 Å². The molecule has 5 nitrogen and oxygen atoms in total. The number of nitrogens with zero attached hydrogens (tertiary/aromatic N) is 2. The predicted octanol–water partition coefficient (Wildman–Crippen LogP) is 0.680. The van der Waals surface area contributed by atoms with Gasteiger partial charge in [0.2, 0.25) is 10.0 Å². The van der Waals surface area contributed by atoms with Crippen LogP contribution in [0.3, 0.4) is 0 Å². The topological polar surface area (TPSA) is 73.2 Å². The number of hydrogen-bond donors (Lipinski definition) is 1. The van der Waals surface area contributed by atoms with Gasteiger partial charge >= 0.3 is 0 Å². The fourth-order valence-corrected chi connectivity index (χ4v) is 3.76. The van der Waals surface area contributed by atoms with E-state index in [1.165, 1.54) is 10.4 Å². The van der Waals surface area contributed by atoms with Crippen LogP contribution in [0.1, 0.15) is 12.5 Å². The molecule has 1 fully saturated rings. The van der Waals surface area contributed by atoms with Crippen LogP contribution in [0.25, 0.3) is 0 Å². The Balaban J connectivity index is 2.42. The summed E-state index contributed by atoms with van der Waals surface area (Å²) in [7, 11) is -3.86. The van der Waals surface area contributed by atoms with Crippen molar-refractivity contribution in [2.75, 3.05) is 19.6 Å². The highest BCUT2D eigenvalue weighted by atomic mass is 32.2. The fourth-order valence-electron chi connectivity index (χ4n) is 2.09. The molecule has 1 heterocycles. The van der Waals surface area contributed by atoms with E-state index in [0.717, 1.165) is 12.1 Å². The van der Waals surface area contributed by atoms with Crippen LogP contribution in [0.2, 0.25) is 0 Å². The number of sulfonamides is 1. The van der Waals surface area contributed by atoms with Gasteiger partial charge in [0.05, 0.1) is 11.6 Å². The van der Waals surface area contributed by atoms with Crippen molar-refractivity contribution in [2.24, 2.45) is 0 Å². The van der Waals surface area contributed by atoms with Gasteiger partial charge in [0, 0.05) is 25.7 Å². The zero-order chi connectivity index (χ0) is 14.0. The van der Waals surface area contributed by atoms with Gasteiger partial charge < -0.3 is 5.32 Å². The second kappa shape index (κ2) is 5.25. The zero-order valence-corrected chi connectivity index (χ0v) is 11.2. The molecule has 0 aliphatic carbocycles. The first-order valence-electron chi connectivity index (χ1n) is 5.89. The minimum absolute atomic E-state index is 0.102. The Hall–Kier alpha value is -1.49. The van der Waals surface area contributed by atoms with Crippen LogP contribution < -0.4 is 5.32 Å². The molecule has 1 aromatic rings. The smallest absolute Gasteiger partial charge is 0.246 e. The maximum atomic E-state index is 13.8. The van der Waals surface area contributed by atoms with E-state index in [1.807, 2.05) is 0 Å². The first kappa shape index (κ1) is 13.9. The van der Waals surface area contributed by atoms with Crippen molar-refractivity contribution < 1.29 is 12.8 Å². The molecule has 0 saturated carbocycles. The lowest BCUT2D eigenvalue weighted by molar-refractivity contribution is 0.283. The standard InChI is InChI=1S/C12H14FN3O2S/c1-9-8-15-4-5-16(9)19(17,18)12-3-2-10(7-14)6-11(12)13/h2-3,6,9,15H,4-5,8H2,1H3/t9-/m1/s1. The van der Waals surface area contributed by atoms with E-state index in [2.05, 4.69) is 5.32 Å². The summed E-state index contributed by atoms with van der Waals surface area (Å²) in [6, 6.07) is 4.95. The van der Waals surface area contributed by atoms with E-state index in [0.29, 0.717) is 19.6 Å². The third-order valence-corrected chi connectivity index (χ3v) is 5.13. The van der Waals surface area contributed by atoms with E-state index in [1.54, 1.807) is 13.0 Å². The molecule has 7 heteroatoms. The van der Waals surface area contributed by atoms with E-state index in [9.17, 15) is 12.8 Å². The van der Waals surface area contributed by atoms with E-state index in [-0.39, 0.29) is 16.5 Å². The number of nitrogens with one attached hydrogen (secondary N) is 1. The van der Waals surface area contributed by atoms with E-state index in [4.69, 9.17) is 5.26 Å². The Bertz CT molecular complexity index is 624. The highest BCUT2D eigenvalue weighted by Gasteiger charge is 2.32. The number of halogens is 1. The van der Waals surface area contributed by atoms with Crippen LogP contribution in [0.5, 0.6) is 0 Å². The van der Waals surface area contributed by atoms with Crippen molar-refractivity contribution in [3.8, 4) is 6.07 Å². The van der Waals surface area contributed by atoms with Gasteiger partial charge in [-0.3, -0.25) is 0 Å². The molecule has 0 radical (unpaired) electrons. The number of hydrogen-bond acceptors (Lipinski definition) is 4. The minimum Gasteiger partial charge on any atom is -0.314 e. The van der Waals surface area contributed by atoms with Gasteiger partial charge in [0.15, 0.2) is 0 Å². The third kappa shape index (κ3) is 2.61. The molecule has 0 unspecified atom stereocenters. The first-order valence-corrected chi connectivity index (χ1v) is 7.33. The van der Waals surface area contributed by atoms with Gasteiger partial charge in [0.1, 0.15) is 10.7 Å². The summed E-state index contributed by atoms with van der Waals surface area (Å²) in [4.78, 5) is -0.375. The molecule has 1 aromatic carbocycles. The average Bonchev–Trinajstić information content (AvgIpc) is 2.38. The molecule has 0 bridgehead atoms. The van der Waals surface area contributed by atoms with Gasteiger partial charge in [-0.15, -0.1) is 0 Å². The van der Waals surface area contributed by atoms with Crippen LogP contribution in [0.4, 0.5) is 4.39 Å². The molecule has 1 aliphatic rings. The second-order valence-corrected chi connectivity index (χ2v) is 6.28. The van der Waals surface area contributed by atoms with Crippen LogP contribution in [-0.4, -0.2) is 38.4 Å². The first-order chi connectivity index (χ1) is 8.96. The number of rotatable bonds is 2. The van der Waals surface area contributed by atoms with Crippen LogP contribution in [0, 0.1) is 17.1 Å². The molecule has 1 N–H and O–H groups in total. The van der Waals surface area contributed by atoms with Crippen molar-refractivity contribution in [2.45, 2.75) is 17.9 Å². The maximum Gasteiger partial charge on any atom is 0.246 e. The molecule has 1 saturated heterocycles. The summed E-state index contributed by atoms with van der Waals surface area (Å²) < 4.78 is 39.9. The summed E-state index contributed by atoms with van der Waals surface area (Å²) >= 11 is 0. The molecule has 0 amide bonds. The van der Waals surface area contributed by atoms with Gasteiger partial charge in [-0.05, 0) is 25.1 Å². The Labute approximate surface area is 111 Å². The fraction of sp³-hybridized carbons (Fsp3) is 0.417. The lowest BCUT2D eigenvalue weighted by atomic mass is 10.2. The van der Waals surface area contributed by atoms with E-state index >= 15 is 0 Å². The number of nitriles is 1. The largest absolute Gasteiger partial charge is 0.314 e. The summed E-state index contributed by atoms with van der Waals surface area (Å²) in [6.45, 7) is 3.16. The Morgan fingerprint density at radius 2 is 2.26 bits per heavy atom. The normalized spacial score (nSPS) is 21.0. The monoisotopic (exact) mass is 283 g/mol. The van der Waals surface area contributed by atoms with Gasteiger partial charge in [-0.25, -0.2) is 12.8 Å². The van der Waals surface area contributed by atoms with Crippen molar-refractivity contribution in [3.05, 3.63) is 29.6 Å². The van der Waals surface area contributed by atoms with E-state index < -0.39 is 15.8 Å². The zero-order valence-electron chi connectivity index (χ0n) is 10.4. The molecule has 2 rings (SSSR count). The molecular weight excluding hydrogens is 269 g/mol. The highest BCUT2D eigenvalue weighted by Crippen LogP contribution is 2.22. The van der Waals surface area contributed by atoms with Crippen LogP contribution in [-0.2, 0) is 10.0 Å². The quantitative estimate of drug-likeness (QED) is 0.866.